The van der Waals surface area contributed by atoms with Crippen molar-refractivity contribution >= 4 is 23.5 Å². The molecule has 0 saturated carbocycles. The average molecular weight is 462 g/mol. The van der Waals surface area contributed by atoms with Gasteiger partial charge < -0.3 is 19.7 Å². The highest BCUT2D eigenvalue weighted by molar-refractivity contribution is 6.06. The number of fused-ring (bicyclic) bond motifs is 1. The van der Waals surface area contributed by atoms with Crippen LogP contribution in [0, 0.1) is 5.82 Å². The van der Waals surface area contributed by atoms with Crippen LogP contribution in [0.15, 0.2) is 66.7 Å². The molecule has 7 nitrogen and oxygen atoms in total. The number of hydrogen-bond donors (Lipinski definition) is 1. The highest BCUT2D eigenvalue weighted by Gasteiger charge is 2.27. The molecule has 0 spiro atoms. The first-order chi connectivity index (χ1) is 16.3. The van der Waals surface area contributed by atoms with E-state index in [-0.39, 0.29) is 42.2 Å². The Kier molecular flexibility index (Phi) is 6.58. The van der Waals surface area contributed by atoms with Gasteiger partial charge in [-0.15, -0.1) is 0 Å². The number of nitrogens with one attached hydrogen (secondary N) is 1. The number of hydrogen-bond acceptors (Lipinski definition) is 5. The van der Waals surface area contributed by atoms with Gasteiger partial charge in [-0.25, -0.2) is 4.39 Å². The van der Waals surface area contributed by atoms with Crippen molar-refractivity contribution in [3.63, 3.8) is 0 Å². The van der Waals surface area contributed by atoms with Gasteiger partial charge in [0.25, 0.3) is 11.8 Å². The molecule has 1 atom stereocenters. The van der Waals surface area contributed by atoms with Crippen LogP contribution in [0.3, 0.4) is 0 Å². The van der Waals surface area contributed by atoms with Crippen LogP contribution in [0.1, 0.15) is 41.4 Å². The number of para-hydroxylation sites is 1. The molecule has 1 unspecified atom stereocenters. The predicted molar refractivity (Wildman–Crippen MR) is 123 cm³/mol. The third-order valence-corrected chi connectivity index (χ3v) is 5.54. The highest BCUT2D eigenvalue weighted by Crippen LogP contribution is 2.31. The van der Waals surface area contributed by atoms with Gasteiger partial charge in [0.05, 0.1) is 18.2 Å². The van der Waals surface area contributed by atoms with Crippen molar-refractivity contribution in [3.05, 3.63) is 89.2 Å². The van der Waals surface area contributed by atoms with Crippen molar-refractivity contribution < 1.29 is 28.2 Å². The van der Waals surface area contributed by atoms with E-state index in [9.17, 15) is 18.8 Å². The summed E-state index contributed by atoms with van der Waals surface area (Å²) in [6.45, 7) is 3.26. The number of esters is 1. The Bertz CT molecular complexity index is 1240. The molecule has 0 radical (unpaired) electrons. The zero-order chi connectivity index (χ0) is 24.2. The molecule has 174 valence electrons. The first kappa shape index (κ1) is 23.0. The zero-order valence-corrected chi connectivity index (χ0v) is 18.7. The Morgan fingerprint density at radius 1 is 1.09 bits per heavy atom. The second-order valence-electron chi connectivity index (χ2n) is 7.90. The van der Waals surface area contributed by atoms with E-state index in [2.05, 4.69) is 5.32 Å². The number of nitrogens with zero attached hydrogens (tertiary/aromatic N) is 1. The molecule has 0 saturated heterocycles. The van der Waals surface area contributed by atoms with E-state index in [1.165, 1.54) is 19.1 Å². The largest absolute Gasteiger partial charge is 0.483 e. The lowest BCUT2D eigenvalue weighted by atomic mass is 10.1. The lowest BCUT2D eigenvalue weighted by molar-refractivity contribution is -0.135. The Labute approximate surface area is 196 Å². The van der Waals surface area contributed by atoms with Gasteiger partial charge >= 0.3 is 5.97 Å². The Hall–Kier alpha value is -4.20. The van der Waals surface area contributed by atoms with Crippen LogP contribution in [-0.2, 0) is 16.1 Å². The minimum Gasteiger partial charge on any atom is -0.483 e. The summed E-state index contributed by atoms with van der Waals surface area (Å²) in [5, 5.41) is 2.80. The lowest BCUT2D eigenvalue weighted by Crippen LogP contribution is -2.34. The summed E-state index contributed by atoms with van der Waals surface area (Å²) in [5.74, 6) is -0.811. The van der Waals surface area contributed by atoms with E-state index in [1.54, 1.807) is 59.5 Å². The van der Waals surface area contributed by atoms with Crippen LogP contribution in [-0.4, -0.2) is 29.3 Å². The van der Waals surface area contributed by atoms with E-state index < -0.39 is 11.9 Å². The van der Waals surface area contributed by atoms with E-state index in [0.717, 1.165) is 5.56 Å². The van der Waals surface area contributed by atoms with Gasteiger partial charge in [-0.3, -0.25) is 14.4 Å². The normalized spacial score (nSPS) is 13.9. The Balaban J connectivity index is 1.57. The van der Waals surface area contributed by atoms with E-state index >= 15 is 0 Å². The monoisotopic (exact) mass is 462 g/mol. The first-order valence-electron chi connectivity index (χ1n) is 10.7. The van der Waals surface area contributed by atoms with Crippen molar-refractivity contribution in [1.82, 2.24) is 4.90 Å². The summed E-state index contributed by atoms with van der Waals surface area (Å²) in [7, 11) is 0. The molecule has 1 aliphatic rings. The number of benzene rings is 3. The summed E-state index contributed by atoms with van der Waals surface area (Å²) in [4.78, 5) is 38.6. The molecule has 34 heavy (non-hydrogen) atoms. The quantitative estimate of drug-likeness (QED) is 0.446. The molecule has 0 aromatic heterocycles. The van der Waals surface area contributed by atoms with Gasteiger partial charge in [0.2, 0.25) is 0 Å². The van der Waals surface area contributed by atoms with E-state index in [0.29, 0.717) is 17.0 Å². The summed E-state index contributed by atoms with van der Waals surface area (Å²) in [5.41, 5.74) is 2.22. The van der Waals surface area contributed by atoms with Gasteiger partial charge in [0.1, 0.15) is 17.3 Å². The van der Waals surface area contributed by atoms with Crippen LogP contribution in [0.4, 0.5) is 10.1 Å². The summed E-state index contributed by atoms with van der Waals surface area (Å²) in [6.07, 6.45) is 0. The molecule has 3 aromatic carbocycles. The lowest BCUT2D eigenvalue weighted by Gasteiger charge is -2.28. The second-order valence-corrected chi connectivity index (χ2v) is 7.90. The number of rotatable bonds is 5. The summed E-state index contributed by atoms with van der Waals surface area (Å²) >= 11 is 0. The molecule has 8 heteroatoms. The topological polar surface area (TPSA) is 84.9 Å². The fourth-order valence-corrected chi connectivity index (χ4v) is 3.79. The van der Waals surface area contributed by atoms with Crippen LogP contribution in [0.2, 0.25) is 0 Å². The minimum atomic E-state index is -0.525. The molecule has 1 heterocycles. The average Bonchev–Trinajstić information content (AvgIpc) is 2.97. The fourth-order valence-electron chi connectivity index (χ4n) is 3.79. The van der Waals surface area contributed by atoms with Gasteiger partial charge in [-0.1, -0.05) is 24.3 Å². The molecule has 2 amide bonds. The molecule has 1 N–H and O–H groups in total. The molecule has 0 fully saturated rings. The van der Waals surface area contributed by atoms with Crippen LogP contribution in [0.5, 0.6) is 11.5 Å². The van der Waals surface area contributed by atoms with Gasteiger partial charge in [-0.2, -0.15) is 0 Å². The van der Waals surface area contributed by atoms with Crippen LogP contribution in [0.25, 0.3) is 0 Å². The second kappa shape index (κ2) is 9.74. The maximum absolute atomic E-state index is 13.3. The number of ether oxygens (including phenoxy) is 2. The molecular formula is C26H23FN2O5. The van der Waals surface area contributed by atoms with Crippen LogP contribution >= 0.6 is 0 Å². The van der Waals surface area contributed by atoms with Gasteiger partial charge in [0.15, 0.2) is 6.61 Å². The maximum Gasteiger partial charge on any atom is 0.308 e. The summed E-state index contributed by atoms with van der Waals surface area (Å²) in [6, 6.07) is 17.3. The first-order valence-corrected chi connectivity index (χ1v) is 10.7. The predicted octanol–water partition coefficient (Wildman–Crippen LogP) is 4.49. The third-order valence-electron chi connectivity index (χ3n) is 5.54. The van der Waals surface area contributed by atoms with Crippen molar-refractivity contribution in [3.8, 4) is 11.5 Å². The van der Waals surface area contributed by atoms with Crippen molar-refractivity contribution in [2.75, 3.05) is 11.9 Å². The fraction of sp³-hybridized carbons (Fsp3) is 0.192. The van der Waals surface area contributed by atoms with Gasteiger partial charge in [-0.05, 0) is 55.0 Å². The number of halogens is 1. The standard InChI is InChI=1S/C26H23FN2O5/c1-16(18-7-9-20(27)10-8-18)29-14-19-13-21(11-12-23(19)33-15-25(29)31)28-26(32)22-5-3-4-6-24(22)34-17(2)30/h3-13,16H,14-15H2,1-2H3,(H,28,32). The molecular weight excluding hydrogens is 439 g/mol. The van der Waals surface area contributed by atoms with Crippen molar-refractivity contribution in [2.24, 2.45) is 0 Å². The number of anilines is 1. The molecule has 3 aromatic rings. The maximum atomic E-state index is 13.3. The Morgan fingerprint density at radius 3 is 2.56 bits per heavy atom. The SMILES string of the molecule is CC(=O)Oc1ccccc1C(=O)Nc1ccc2c(c1)CN(C(C)c1ccc(F)cc1)C(=O)CO2. The molecule has 0 bridgehead atoms. The highest BCUT2D eigenvalue weighted by atomic mass is 19.1. The van der Waals surface area contributed by atoms with E-state index in [4.69, 9.17) is 9.47 Å². The molecule has 4 rings (SSSR count). The van der Waals surface area contributed by atoms with Crippen LogP contribution < -0.4 is 14.8 Å². The summed E-state index contributed by atoms with van der Waals surface area (Å²) < 4.78 is 24.1. The third kappa shape index (κ3) is 5.06. The minimum absolute atomic E-state index is 0.125. The van der Waals surface area contributed by atoms with Gasteiger partial charge in [0, 0.05) is 18.2 Å². The van der Waals surface area contributed by atoms with E-state index in [1.807, 2.05) is 6.92 Å². The molecule has 0 aliphatic carbocycles. The Morgan fingerprint density at radius 2 is 1.82 bits per heavy atom. The number of carbonyl (C=O) groups excluding carboxylic acids is 3. The van der Waals surface area contributed by atoms with Crippen molar-refractivity contribution in [2.45, 2.75) is 26.4 Å². The number of carbonyl (C=O) groups is 3. The molecule has 1 aliphatic heterocycles. The number of amides is 2. The smallest absolute Gasteiger partial charge is 0.308 e. The zero-order valence-electron chi connectivity index (χ0n) is 18.7. The van der Waals surface area contributed by atoms with Crippen molar-refractivity contribution in [1.29, 1.82) is 0 Å².